The van der Waals surface area contributed by atoms with Gasteiger partial charge in [0.25, 0.3) is 0 Å². The van der Waals surface area contributed by atoms with E-state index in [2.05, 4.69) is 0 Å². The van der Waals surface area contributed by atoms with E-state index in [1.165, 1.54) is 13.0 Å². The van der Waals surface area contributed by atoms with Gasteiger partial charge in [0.05, 0.1) is 11.2 Å². The molecular weight excluding hydrogens is 280 g/mol. The molecule has 0 aromatic carbocycles. The van der Waals surface area contributed by atoms with Gasteiger partial charge in [-0.1, -0.05) is 13.8 Å². The summed E-state index contributed by atoms with van der Waals surface area (Å²) >= 11 is 0. The molecule has 0 bridgehead atoms. The van der Waals surface area contributed by atoms with Crippen molar-refractivity contribution in [2.75, 3.05) is 6.61 Å². The zero-order valence-electron chi connectivity index (χ0n) is 14.9. The van der Waals surface area contributed by atoms with Crippen LogP contribution in [-0.4, -0.2) is 39.4 Å². The zero-order chi connectivity index (χ0) is 17.2. The molecule has 1 fully saturated rings. The summed E-state index contributed by atoms with van der Waals surface area (Å²) < 4.78 is 6.32. The van der Waals surface area contributed by atoms with Crippen LogP contribution in [-0.2, 0) is 9.53 Å². The smallest absolute Gasteiger partial charge is 0.152 e. The van der Waals surface area contributed by atoms with E-state index in [1.54, 1.807) is 6.08 Å². The minimum absolute atomic E-state index is 0.0359. The predicted octanol–water partition coefficient (Wildman–Crippen LogP) is 3.01. The highest BCUT2D eigenvalue weighted by molar-refractivity contribution is 5.87. The minimum atomic E-state index is -1.24. The molecule has 0 spiro atoms. The lowest BCUT2D eigenvalue weighted by molar-refractivity contribution is -0.259. The molecule has 1 saturated carbocycles. The predicted molar refractivity (Wildman–Crippen MR) is 87.7 cm³/mol. The molecule has 0 aliphatic heterocycles. The van der Waals surface area contributed by atoms with Crippen LogP contribution >= 0.6 is 0 Å². The lowest BCUT2D eigenvalue weighted by Gasteiger charge is -2.57. The number of rotatable bonds is 6. The molecule has 128 valence electrons. The summed E-state index contributed by atoms with van der Waals surface area (Å²) in [7, 11) is 0. The third-order valence-corrected chi connectivity index (χ3v) is 5.07. The van der Waals surface area contributed by atoms with Gasteiger partial charge in [-0.05, 0) is 70.9 Å². The van der Waals surface area contributed by atoms with Crippen molar-refractivity contribution in [3.63, 3.8) is 0 Å². The second kappa shape index (κ2) is 6.42. The Labute approximate surface area is 134 Å². The van der Waals surface area contributed by atoms with Crippen LogP contribution in [0, 0.1) is 5.41 Å². The first-order valence-corrected chi connectivity index (χ1v) is 8.12. The Balaban J connectivity index is 3.25. The Morgan fingerprint density at radius 2 is 1.86 bits per heavy atom. The highest BCUT2D eigenvalue weighted by atomic mass is 16.5. The van der Waals surface area contributed by atoms with Crippen LogP contribution in [0.3, 0.4) is 0 Å². The number of aliphatic hydroxyl groups excluding tert-OH is 1. The molecule has 0 heterocycles. The maximum atomic E-state index is 11.5. The lowest BCUT2D eigenvalue weighted by atomic mass is 9.58. The second-order valence-corrected chi connectivity index (χ2v) is 8.01. The number of aliphatic hydroxyl groups is 2. The van der Waals surface area contributed by atoms with Crippen molar-refractivity contribution in [2.45, 2.75) is 84.0 Å². The highest BCUT2D eigenvalue weighted by Gasteiger charge is 2.59. The van der Waals surface area contributed by atoms with Gasteiger partial charge in [0.15, 0.2) is 5.78 Å². The van der Waals surface area contributed by atoms with Crippen LogP contribution < -0.4 is 0 Å². The second-order valence-electron chi connectivity index (χ2n) is 8.01. The SMILES string of the molecule is CC(=O)/C=C/C1(O)C(C)(C)CCCC1(C)OC(C)(C)CCO. The summed E-state index contributed by atoms with van der Waals surface area (Å²) in [5.41, 5.74) is -2.99. The summed E-state index contributed by atoms with van der Waals surface area (Å²) in [6.45, 7) is 11.3. The zero-order valence-corrected chi connectivity index (χ0v) is 14.9. The third-order valence-electron chi connectivity index (χ3n) is 5.07. The van der Waals surface area contributed by atoms with Crippen LogP contribution in [0.25, 0.3) is 0 Å². The topological polar surface area (TPSA) is 66.8 Å². The van der Waals surface area contributed by atoms with Gasteiger partial charge in [0.1, 0.15) is 5.60 Å². The first kappa shape index (κ1) is 19.3. The average molecular weight is 312 g/mol. The molecular formula is C18H32O4. The van der Waals surface area contributed by atoms with E-state index in [0.717, 1.165) is 12.8 Å². The van der Waals surface area contributed by atoms with E-state index >= 15 is 0 Å². The monoisotopic (exact) mass is 312 g/mol. The fraction of sp³-hybridized carbons (Fsp3) is 0.833. The van der Waals surface area contributed by atoms with Gasteiger partial charge in [-0.3, -0.25) is 4.79 Å². The quantitative estimate of drug-likeness (QED) is 0.740. The van der Waals surface area contributed by atoms with E-state index in [1.807, 2.05) is 34.6 Å². The number of carbonyl (C=O) groups excluding carboxylic acids is 1. The van der Waals surface area contributed by atoms with Crippen LogP contribution in [0.1, 0.15) is 67.2 Å². The maximum absolute atomic E-state index is 11.5. The maximum Gasteiger partial charge on any atom is 0.152 e. The lowest BCUT2D eigenvalue weighted by Crippen LogP contribution is -2.65. The first-order valence-electron chi connectivity index (χ1n) is 8.12. The normalized spacial score (nSPS) is 32.4. The molecule has 0 radical (unpaired) electrons. The van der Waals surface area contributed by atoms with Gasteiger partial charge < -0.3 is 14.9 Å². The first-order chi connectivity index (χ1) is 9.89. The van der Waals surface area contributed by atoms with Crippen molar-refractivity contribution < 1.29 is 19.7 Å². The van der Waals surface area contributed by atoms with Gasteiger partial charge in [-0.15, -0.1) is 0 Å². The van der Waals surface area contributed by atoms with Crippen molar-refractivity contribution in [3.8, 4) is 0 Å². The summed E-state index contributed by atoms with van der Waals surface area (Å²) in [5.74, 6) is -0.0910. The third kappa shape index (κ3) is 3.79. The Morgan fingerprint density at radius 1 is 1.27 bits per heavy atom. The Hall–Kier alpha value is -0.710. The van der Waals surface area contributed by atoms with Crippen molar-refractivity contribution in [2.24, 2.45) is 5.41 Å². The molecule has 1 aliphatic carbocycles. The molecule has 2 atom stereocenters. The van der Waals surface area contributed by atoms with Gasteiger partial charge in [-0.2, -0.15) is 0 Å². The fourth-order valence-electron chi connectivity index (χ4n) is 3.66. The number of ketones is 1. The van der Waals surface area contributed by atoms with Gasteiger partial charge in [-0.25, -0.2) is 0 Å². The number of carbonyl (C=O) groups is 1. The molecule has 2 N–H and O–H groups in total. The fourth-order valence-corrected chi connectivity index (χ4v) is 3.66. The molecule has 0 saturated heterocycles. The number of hydrogen-bond acceptors (Lipinski definition) is 4. The van der Waals surface area contributed by atoms with E-state index in [0.29, 0.717) is 12.8 Å². The van der Waals surface area contributed by atoms with Crippen molar-refractivity contribution in [3.05, 3.63) is 12.2 Å². The Morgan fingerprint density at radius 3 is 2.36 bits per heavy atom. The van der Waals surface area contributed by atoms with E-state index < -0.39 is 22.2 Å². The number of ether oxygens (including phenoxy) is 1. The largest absolute Gasteiger partial charge is 0.396 e. The molecule has 0 amide bonds. The van der Waals surface area contributed by atoms with Crippen molar-refractivity contribution in [1.82, 2.24) is 0 Å². The van der Waals surface area contributed by atoms with Gasteiger partial charge >= 0.3 is 0 Å². The minimum Gasteiger partial charge on any atom is -0.396 e. The molecule has 4 heteroatoms. The summed E-state index contributed by atoms with van der Waals surface area (Å²) in [6, 6.07) is 0. The summed E-state index contributed by atoms with van der Waals surface area (Å²) in [6.07, 6.45) is 6.08. The highest BCUT2D eigenvalue weighted by Crippen LogP contribution is 2.53. The van der Waals surface area contributed by atoms with Gasteiger partial charge in [0.2, 0.25) is 0 Å². The average Bonchev–Trinajstić information content (AvgIpc) is 2.32. The van der Waals surface area contributed by atoms with Crippen LogP contribution in [0.15, 0.2) is 12.2 Å². The van der Waals surface area contributed by atoms with Crippen LogP contribution in [0.4, 0.5) is 0 Å². The van der Waals surface area contributed by atoms with E-state index in [4.69, 9.17) is 4.74 Å². The molecule has 22 heavy (non-hydrogen) atoms. The van der Waals surface area contributed by atoms with Crippen LogP contribution in [0.2, 0.25) is 0 Å². The number of hydrogen-bond donors (Lipinski definition) is 2. The van der Waals surface area contributed by atoms with Crippen LogP contribution in [0.5, 0.6) is 0 Å². The Kier molecular flexibility index (Phi) is 5.64. The molecule has 4 nitrogen and oxygen atoms in total. The molecule has 1 aliphatic rings. The Bertz CT molecular complexity index is 438. The molecule has 1 rings (SSSR count). The van der Waals surface area contributed by atoms with Crippen molar-refractivity contribution >= 4 is 5.78 Å². The molecule has 0 aromatic heterocycles. The summed E-state index contributed by atoms with van der Waals surface area (Å²) in [5, 5.41) is 20.7. The molecule has 0 aromatic rings. The number of allylic oxidation sites excluding steroid dienone is 1. The standard InChI is InChI=1S/C18H32O4/c1-14(20)8-11-18(21)15(2,3)9-7-10-17(18,6)22-16(4,5)12-13-19/h8,11,19,21H,7,9-10,12-13H2,1-6H3/b11-8+. The molecule has 2 unspecified atom stereocenters. The van der Waals surface area contributed by atoms with Crippen molar-refractivity contribution in [1.29, 1.82) is 0 Å². The van der Waals surface area contributed by atoms with E-state index in [9.17, 15) is 15.0 Å². The van der Waals surface area contributed by atoms with E-state index in [-0.39, 0.29) is 12.4 Å². The van der Waals surface area contributed by atoms with Gasteiger partial charge in [0, 0.05) is 6.61 Å². The summed E-state index contributed by atoms with van der Waals surface area (Å²) in [4.78, 5) is 11.4.